The highest BCUT2D eigenvalue weighted by Gasteiger charge is 2.64. The number of esters is 1. The minimum Gasteiger partial charge on any atom is -0.464 e. The lowest BCUT2D eigenvalue weighted by Gasteiger charge is -2.57. The number of carbonyl (C=O) groups excluding carboxylic acids is 1. The molecule has 8 atom stereocenters. The molecule has 0 bridgehead atoms. The van der Waals surface area contributed by atoms with Crippen LogP contribution >= 0.6 is 0 Å². The quantitative estimate of drug-likeness (QED) is 0.0787. The molecule has 9 nitrogen and oxygen atoms in total. The lowest BCUT2D eigenvalue weighted by molar-refractivity contribution is -0.174. The highest BCUT2D eigenvalue weighted by molar-refractivity contribution is 5.81. The summed E-state index contributed by atoms with van der Waals surface area (Å²) in [5, 5.41) is 84.6. The van der Waals surface area contributed by atoms with Crippen molar-refractivity contribution in [3.8, 4) is 0 Å². The normalized spacial score (nSPS) is 31.3. The number of rotatable bonds is 11. The van der Waals surface area contributed by atoms with E-state index in [4.69, 9.17) is 4.74 Å². The summed E-state index contributed by atoms with van der Waals surface area (Å²) in [7, 11) is 0. The second kappa shape index (κ2) is 19.5. The Bertz CT molecular complexity index is 2140. The number of aliphatic hydroxyl groups excluding tert-OH is 3. The average molecular weight is 1020 g/mol. The first-order valence-electron chi connectivity index (χ1n) is 27.0. The van der Waals surface area contributed by atoms with E-state index in [0.29, 0.717) is 11.1 Å². The molecular formula is C64H104O9. The van der Waals surface area contributed by atoms with Gasteiger partial charge in [-0.15, -0.1) is 0 Å². The molecular weight excluding hydrogens is 913 g/mol. The van der Waals surface area contributed by atoms with Gasteiger partial charge in [0, 0.05) is 23.7 Å². The maximum Gasteiger partial charge on any atom is 0.314 e. The SMILES string of the molecule is CC(C)(C)C1=CC(C(C2C=CC(O)(C(C)(C)C)C(C(C)(C)C)=C2)C(C(=O)OCC(CO)(CO)CO)(C2C=CC(O)(C(C)(C)C)C(C(C)(C)C)=C2)C2C=CC(O)(C(C)(C)C)C(C(C)(C)C)=C2)C=CC1(O)C(C)(C)C. The molecule has 0 saturated carbocycles. The van der Waals surface area contributed by atoms with E-state index < -0.39 is 139 Å². The molecule has 73 heavy (non-hydrogen) atoms. The highest BCUT2D eigenvalue weighted by Crippen LogP contribution is 2.63. The number of allylic oxidation sites excluding steroid dienone is 8. The third-order valence-electron chi connectivity index (χ3n) is 17.4. The Labute approximate surface area is 443 Å². The summed E-state index contributed by atoms with van der Waals surface area (Å²) >= 11 is 0. The predicted octanol–water partition coefficient (Wildman–Crippen LogP) is 11.8. The summed E-state index contributed by atoms with van der Waals surface area (Å²) < 4.78 is 6.72. The highest BCUT2D eigenvalue weighted by atomic mass is 16.5. The molecule has 4 rings (SSSR count). The van der Waals surface area contributed by atoms with Crippen LogP contribution < -0.4 is 0 Å². The molecule has 414 valence electrons. The van der Waals surface area contributed by atoms with Gasteiger partial charge in [0.15, 0.2) is 0 Å². The van der Waals surface area contributed by atoms with Crippen LogP contribution in [0, 0.1) is 83.7 Å². The minimum atomic E-state index is -1.75. The molecule has 0 radical (unpaired) electrons. The lowest BCUT2D eigenvalue weighted by Crippen LogP contribution is -2.59. The fourth-order valence-electron chi connectivity index (χ4n) is 12.4. The number of carbonyl (C=O) groups is 1. The molecule has 0 heterocycles. The van der Waals surface area contributed by atoms with E-state index in [0.717, 1.165) is 11.1 Å². The molecule has 9 heteroatoms. The molecule has 7 N–H and O–H groups in total. The first kappa shape index (κ1) is 62.6. The van der Waals surface area contributed by atoms with Crippen molar-refractivity contribution in [2.45, 2.75) is 189 Å². The van der Waals surface area contributed by atoms with Crippen LogP contribution in [0.5, 0.6) is 0 Å². The van der Waals surface area contributed by atoms with Gasteiger partial charge in [0.25, 0.3) is 0 Å². The van der Waals surface area contributed by atoms with Crippen LogP contribution in [0.15, 0.2) is 95.2 Å². The third-order valence-corrected chi connectivity index (χ3v) is 17.4. The van der Waals surface area contributed by atoms with E-state index >= 15 is 4.79 Å². The Kier molecular flexibility index (Phi) is 16.8. The summed E-state index contributed by atoms with van der Waals surface area (Å²) in [6.07, 6.45) is 23.9. The van der Waals surface area contributed by atoms with E-state index in [9.17, 15) is 35.7 Å². The molecule has 8 unspecified atom stereocenters. The topological polar surface area (TPSA) is 168 Å². The summed E-state index contributed by atoms with van der Waals surface area (Å²) in [5.74, 6) is -4.46. The second-order valence-corrected chi connectivity index (χ2v) is 31.0. The Balaban J connectivity index is 2.51. The van der Waals surface area contributed by atoms with Gasteiger partial charge in [-0.05, 0) is 71.5 Å². The summed E-state index contributed by atoms with van der Waals surface area (Å²) in [5.41, 5.74) is -11.3. The largest absolute Gasteiger partial charge is 0.464 e. The van der Waals surface area contributed by atoms with Gasteiger partial charge in [0.2, 0.25) is 0 Å². The number of ether oxygens (including phenoxy) is 1. The van der Waals surface area contributed by atoms with Gasteiger partial charge in [-0.1, -0.05) is 239 Å². The van der Waals surface area contributed by atoms with E-state index in [1.54, 1.807) is 0 Å². The maximum atomic E-state index is 17.0. The van der Waals surface area contributed by atoms with Crippen LogP contribution in [0.1, 0.15) is 166 Å². The molecule has 0 aromatic heterocycles. The predicted molar refractivity (Wildman–Crippen MR) is 299 cm³/mol. The molecule has 4 aliphatic rings. The van der Waals surface area contributed by atoms with Gasteiger partial charge in [-0.3, -0.25) is 4.79 Å². The van der Waals surface area contributed by atoms with Crippen LogP contribution in [0.25, 0.3) is 0 Å². The monoisotopic (exact) mass is 1020 g/mol. The van der Waals surface area contributed by atoms with Gasteiger partial charge in [-0.25, -0.2) is 0 Å². The standard InChI is InChI=1S/C64H104O9/c1-51(2,3)45-33-41(25-29-60(45,69)55(13,14)15)49(42-26-30-61(70,56(16,17)18)46(34-42)52(4,5)6)64(50(68)73-40-59(37-65,38-66)39-67,43-27-31-62(71,57(19,20)21)47(35-43)53(7,8)9)44-28-32-63(72,58(22,23)24)48(36-44)54(10,11)12/h25-36,41-44,49,65-67,69-72H,37-40H2,1-24H3. The number of hydrogen-bond acceptors (Lipinski definition) is 9. The Hall–Kier alpha value is -2.89. The van der Waals surface area contributed by atoms with Crippen LogP contribution in [0.3, 0.4) is 0 Å². The zero-order valence-electron chi connectivity index (χ0n) is 50.1. The van der Waals surface area contributed by atoms with Crippen molar-refractivity contribution in [1.29, 1.82) is 0 Å². The van der Waals surface area contributed by atoms with Crippen molar-refractivity contribution in [3.63, 3.8) is 0 Å². The zero-order valence-corrected chi connectivity index (χ0v) is 50.1. The Morgan fingerprint density at radius 3 is 0.918 bits per heavy atom. The summed E-state index contributed by atoms with van der Waals surface area (Å²) in [4.78, 5) is 17.0. The van der Waals surface area contributed by atoms with Crippen molar-refractivity contribution in [3.05, 3.63) is 95.2 Å². The average Bonchev–Trinajstić information content (AvgIpc) is 3.21. The molecule has 0 spiro atoms. The van der Waals surface area contributed by atoms with Gasteiger partial charge in [0.1, 0.15) is 29.0 Å². The first-order chi connectivity index (χ1) is 32.5. The molecule has 0 amide bonds. The zero-order chi connectivity index (χ0) is 56.8. The van der Waals surface area contributed by atoms with Gasteiger partial charge >= 0.3 is 5.97 Å². The van der Waals surface area contributed by atoms with Gasteiger partial charge in [-0.2, -0.15) is 0 Å². The second-order valence-electron chi connectivity index (χ2n) is 31.0. The fraction of sp³-hybridized carbons (Fsp3) is 0.734. The van der Waals surface area contributed by atoms with E-state index in [-0.39, 0.29) is 0 Å². The number of aliphatic hydroxyl groups is 7. The van der Waals surface area contributed by atoms with Crippen molar-refractivity contribution in [1.82, 2.24) is 0 Å². The molecule has 4 aliphatic carbocycles. The molecule has 0 saturated heterocycles. The molecule has 0 aromatic carbocycles. The van der Waals surface area contributed by atoms with Gasteiger partial charge < -0.3 is 40.5 Å². The van der Waals surface area contributed by atoms with E-state index in [2.05, 4.69) is 107 Å². The molecule has 0 aliphatic heterocycles. The Morgan fingerprint density at radius 2 is 0.685 bits per heavy atom. The molecule has 0 aromatic rings. The van der Waals surface area contributed by atoms with Crippen LogP contribution in [-0.4, -0.2) is 90.5 Å². The van der Waals surface area contributed by atoms with Crippen LogP contribution in [0.4, 0.5) is 0 Å². The lowest BCUT2D eigenvalue weighted by atomic mass is 9.47. The van der Waals surface area contributed by atoms with Gasteiger partial charge in [0.05, 0.1) is 30.7 Å². The first-order valence-corrected chi connectivity index (χ1v) is 27.0. The summed E-state index contributed by atoms with van der Waals surface area (Å²) in [6.45, 7) is 46.5. The smallest absolute Gasteiger partial charge is 0.314 e. The molecule has 0 fully saturated rings. The van der Waals surface area contributed by atoms with Crippen LogP contribution in [-0.2, 0) is 9.53 Å². The van der Waals surface area contributed by atoms with Crippen LogP contribution in [0.2, 0.25) is 0 Å². The van der Waals surface area contributed by atoms with E-state index in [1.165, 1.54) is 0 Å². The Morgan fingerprint density at radius 1 is 0.438 bits per heavy atom. The minimum absolute atomic E-state index is 0.527. The van der Waals surface area contributed by atoms with E-state index in [1.807, 2.05) is 132 Å². The van der Waals surface area contributed by atoms with Crippen molar-refractivity contribution in [2.75, 3.05) is 26.4 Å². The number of hydrogen-bond donors (Lipinski definition) is 7. The third kappa shape index (κ3) is 11.0. The summed E-state index contributed by atoms with van der Waals surface area (Å²) in [6, 6.07) is 0. The van der Waals surface area contributed by atoms with Crippen molar-refractivity contribution in [2.24, 2.45) is 83.7 Å². The van der Waals surface area contributed by atoms with Crippen molar-refractivity contribution >= 4 is 5.97 Å². The fourth-order valence-corrected chi connectivity index (χ4v) is 12.4. The van der Waals surface area contributed by atoms with Crippen molar-refractivity contribution < 1.29 is 45.3 Å². The maximum absolute atomic E-state index is 17.0.